The highest BCUT2D eigenvalue weighted by Gasteiger charge is 2.23. The first-order chi connectivity index (χ1) is 10.3. The molecule has 118 valence electrons. The fourth-order valence-corrected chi connectivity index (χ4v) is 2.69. The van der Waals surface area contributed by atoms with Crippen molar-refractivity contribution in [1.82, 2.24) is 5.32 Å². The third-order valence-corrected chi connectivity index (χ3v) is 4.17. The van der Waals surface area contributed by atoms with Crippen molar-refractivity contribution < 1.29 is 9.47 Å². The van der Waals surface area contributed by atoms with Gasteiger partial charge in [0.15, 0.2) is 0 Å². The number of nitrogens with one attached hydrogen (secondary N) is 1. The number of hydrogen-bond acceptors (Lipinski definition) is 3. The van der Waals surface area contributed by atoms with Gasteiger partial charge >= 0.3 is 0 Å². The first-order valence-corrected chi connectivity index (χ1v) is 8.23. The van der Waals surface area contributed by atoms with Gasteiger partial charge in [0.05, 0.1) is 0 Å². The van der Waals surface area contributed by atoms with Crippen LogP contribution < -0.4 is 5.32 Å². The minimum Gasteiger partial charge on any atom is -0.385 e. The van der Waals surface area contributed by atoms with Crippen LogP contribution >= 0.6 is 11.6 Å². The molecule has 0 bridgehead atoms. The van der Waals surface area contributed by atoms with Gasteiger partial charge in [-0.2, -0.15) is 0 Å². The average molecular weight is 312 g/mol. The van der Waals surface area contributed by atoms with Crippen LogP contribution in [-0.2, 0) is 9.47 Å². The van der Waals surface area contributed by atoms with Gasteiger partial charge in [-0.1, -0.05) is 29.8 Å². The first kappa shape index (κ1) is 16.8. The first-order valence-electron chi connectivity index (χ1n) is 7.85. The fraction of sp³-hybridized carbons (Fsp3) is 0.647. The van der Waals surface area contributed by atoms with Crippen LogP contribution in [0.1, 0.15) is 37.2 Å². The van der Waals surface area contributed by atoms with Crippen molar-refractivity contribution in [1.29, 1.82) is 0 Å². The van der Waals surface area contributed by atoms with Crippen molar-refractivity contribution in [2.24, 2.45) is 0 Å². The van der Waals surface area contributed by atoms with E-state index in [2.05, 4.69) is 17.4 Å². The van der Waals surface area contributed by atoms with Crippen LogP contribution in [0.4, 0.5) is 0 Å². The van der Waals surface area contributed by atoms with Crippen molar-refractivity contribution in [3.05, 3.63) is 34.9 Å². The van der Waals surface area contributed by atoms with Gasteiger partial charge in [-0.25, -0.2) is 0 Å². The Labute approximate surface area is 133 Å². The van der Waals surface area contributed by atoms with E-state index in [1.807, 2.05) is 12.1 Å². The number of halogens is 1. The van der Waals surface area contributed by atoms with Crippen molar-refractivity contribution in [3.63, 3.8) is 0 Å². The highest BCUT2D eigenvalue weighted by Crippen LogP contribution is 2.28. The van der Waals surface area contributed by atoms with Crippen molar-refractivity contribution >= 4 is 11.6 Å². The van der Waals surface area contributed by atoms with Crippen LogP contribution in [0.15, 0.2) is 24.3 Å². The molecular formula is C17H26ClNO2. The second kappa shape index (κ2) is 9.42. The summed E-state index contributed by atoms with van der Waals surface area (Å²) in [4.78, 5) is 0. The molecule has 1 unspecified atom stereocenters. The Bertz CT molecular complexity index is 410. The summed E-state index contributed by atoms with van der Waals surface area (Å²) < 4.78 is 10.7. The summed E-state index contributed by atoms with van der Waals surface area (Å²) in [5.74, 6) is 0.418. The monoisotopic (exact) mass is 311 g/mol. The maximum atomic E-state index is 6.35. The van der Waals surface area contributed by atoms with E-state index in [9.17, 15) is 0 Å². The second-order valence-electron chi connectivity index (χ2n) is 5.65. The van der Waals surface area contributed by atoms with Gasteiger partial charge in [0.1, 0.15) is 0 Å². The molecule has 0 saturated heterocycles. The normalized spacial score (nSPS) is 16.1. The SMILES string of the molecule is COCCCOCCC(CNC1CC1)c1ccccc1Cl. The molecule has 0 radical (unpaired) electrons. The minimum absolute atomic E-state index is 0.418. The largest absolute Gasteiger partial charge is 0.385 e. The maximum Gasteiger partial charge on any atom is 0.0487 e. The molecule has 1 aromatic rings. The number of methoxy groups -OCH3 is 1. The molecule has 21 heavy (non-hydrogen) atoms. The predicted octanol–water partition coefficient (Wildman–Crippen LogP) is 3.62. The average Bonchev–Trinajstić information content (AvgIpc) is 3.31. The summed E-state index contributed by atoms with van der Waals surface area (Å²) in [5, 5.41) is 4.47. The van der Waals surface area contributed by atoms with Crippen LogP contribution in [0.2, 0.25) is 5.02 Å². The Kier molecular flexibility index (Phi) is 7.51. The van der Waals surface area contributed by atoms with E-state index in [0.29, 0.717) is 5.92 Å². The molecule has 1 aromatic carbocycles. The Morgan fingerprint density at radius 2 is 2.05 bits per heavy atom. The fourth-order valence-electron chi connectivity index (χ4n) is 2.40. The predicted molar refractivity (Wildman–Crippen MR) is 87.1 cm³/mol. The van der Waals surface area contributed by atoms with Gasteiger partial charge in [-0.3, -0.25) is 0 Å². The summed E-state index contributed by atoms with van der Waals surface area (Å²) >= 11 is 6.35. The molecule has 2 rings (SSSR count). The van der Waals surface area contributed by atoms with Gasteiger partial charge in [0.25, 0.3) is 0 Å². The van der Waals surface area contributed by atoms with Crippen LogP contribution in [0.5, 0.6) is 0 Å². The summed E-state index contributed by atoms with van der Waals surface area (Å²) in [5.41, 5.74) is 1.23. The second-order valence-corrected chi connectivity index (χ2v) is 6.06. The molecule has 1 N–H and O–H groups in total. The Balaban J connectivity index is 1.79. The number of hydrogen-bond donors (Lipinski definition) is 1. The Morgan fingerprint density at radius 1 is 1.24 bits per heavy atom. The van der Waals surface area contributed by atoms with Crippen LogP contribution in [0, 0.1) is 0 Å². The van der Waals surface area contributed by atoms with E-state index < -0.39 is 0 Å². The molecule has 0 amide bonds. The molecule has 4 heteroatoms. The van der Waals surface area contributed by atoms with Crippen LogP contribution in [0.3, 0.4) is 0 Å². The molecule has 0 aliphatic heterocycles. The standard InChI is InChI=1S/C17H26ClNO2/c1-20-10-4-11-21-12-9-14(13-19-15-7-8-15)16-5-2-3-6-17(16)18/h2-3,5-6,14-15,19H,4,7-13H2,1H3. The highest BCUT2D eigenvalue weighted by molar-refractivity contribution is 6.31. The zero-order valence-electron chi connectivity index (χ0n) is 12.8. The summed E-state index contributed by atoms with van der Waals surface area (Å²) in [6.07, 6.45) is 4.57. The lowest BCUT2D eigenvalue weighted by atomic mass is 9.96. The lowest BCUT2D eigenvalue weighted by Gasteiger charge is -2.19. The molecule has 1 aliphatic rings. The molecule has 1 aliphatic carbocycles. The zero-order chi connectivity index (χ0) is 14.9. The van der Waals surface area contributed by atoms with Gasteiger partial charge in [0.2, 0.25) is 0 Å². The van der Waals surface area contributed by atoms with E-state index in [4.69, 9.17) is 21.1 Å². The molecule has 0 aromatic heterocycles. The molecule has 1 atom stereocenters. The topological polar surface area (TPSA) is 30.5 Å². The number of rotatable bonds is 11. The molecule has 3 nitrogen and oxygen atoms in total. The molecule has 0 heterocycles. The molecule has 1 fully saturated rings. The van der Waals surface area contributed by atoms with E-state index in [1.165, 1.54) is 18.4 Å². The highest BCUT2D eigenvalue weighted by atomic mass is 35.5. The van der Waals surface area contributed by atoms with Gasteiger partial charge in [-0.05, 0) is 37.3 Å². The molecule has 0 spiro atoms. The minimum atomic E-state index is 0.418. The van der Waals surface area contributed by atoms with E-state index in [0.717, 1.165) is 50.3 Å². The van der Waals surface area contributed by atoms with Crippen molar-refractivity contribution in [3.8, 4) is 0 Å². The lowest BCUT2D eigenvalue weighted by molar-refractivity contribution is 0.0980. The summed E-state index contributed by atoms with van der Waals surface area (Å²) in [7, 11) is 1.72. The van der Waals surface area contributed by atoms with Gasteiger partial charge in [0, 0.05) is 50.5 Å². The lowest BCUT2D eigenvalue weighted by Crippen LogP contribution is -2.24. The maximum absolute atomic E-state index is 6.35. The van der Waals surface area contributed by atoms with Gasteiger partial charge in [-0.15, -0.1) is 0 Å². The molecular weight excluding hydrogens is 286 g/mol. The number of ether oxygens (including phenoxy) is 2. The summed E-state index contributed by atoms with van der Waals surface area (Å²) in [6, 6.07) is 8.87. The third-order valence-electron chi connectivity index (χ3n) is 3.82. The Hall–Kier alpha value is -0.610. The van der Waals surface area contributed by atoms with Crippen LogP contribution in [-0.4, -0.2) is 39.5 Å². The summed E-state index contributed by atoms with van der Waals surface area (Å²) in [6.45, 7) is 3.28. The van der Waals surface area contributed by atoms with Crippen molar-refractivity contribution in [2.75, 3.05) is 33.5 Å². The zero-order valence-corrected chi connectivity index (χ0v) is 13.6. The third kappa shape index (κ3) is 6.35. The Morgan fingerprint density at radius 3 is 2.76 bits per heavy atom. The smallest absolute Gasteiger partial charge is 0.0487 e. The van der Waals surface area contributed by atoms with E-state index in [1.54, 1.807) is 7.11 Å². The van der Waals surface area contributed by atoms with Crippen molar-refractivity contribution in [2.45, 2.75) is 37.6 Å². The number of benzene rings is 1. The van der Waals surface area contributed by atoms with Gasteiger partial charge < -0.3 is 14.8 Å². The quantitative estimate of drug-likeness (QED) is 0.633. The van der Waals surface area contributed by atoms with Crippen LogP contribution in [0.25, 0.3) is 0 Å². The van der Waals surface area contributed by atoms with E-state index in [-0.39, 0.29) is 0 Å². The van der Waals surface area contributed by atoms with E-state index >= 15 is 0 Å². The molecule has 1 saturated carbocycles.